The summed E-state index contributed by atoms with van der Waals surface area (Å²) in [5.74, 6) is 0.757. The zero-order chi connectivity index (χ0) is 19.6. The lowest BCUT2D eigenvalue weighted by atomic mass is 9.95. The van der Waals surface area contributed by atoms with Gasteiger partial charge in [0.05, 0.1) is 12.8 Å². The standard InChI is InChI=1S/C21H22Cl2N2O2/c1-12(2)15-6-4-13(10-18(15)23)16(11-14-5-9-20(26)24-14)19-8-7-17(22)21(25-19)27-3/h4,6-8,10-12,14H,5,9H2,1-3H3,(H,24,26)/b16-11+/t14-/m1/s1. The molecule has 1 aromatic heterocycles. The highest BCUT2D eigenvalue weighted by Crippen LogP contribution is 2.33. The molecule has 0 spiro atoms. The van der Waals surface area contributed by atoms with Crippen molar-refractivity contribution >= 4 is 34.7 Å². The van der Waals surface area contributed by atoms with Gasteiger partial charge in [-0.05, 0) is 41.7 Å². The molecule has 0 aliphatic carbocycles. The molecule has 1 saturated heterocycles. The van der Waals surface area contributed by atoms with E-state index in [-0.39, 0.29) is 11.9 Å². The highest BCUT2D eigenvalue weighted by atomic mass is 35.5. The normalized spacial score (nSPS) is 17.3. The molecule has 4 nitrogen and oxygen atoms in total. The van der Waals surface area contributed by atoms with Crippen LogP contribution in [0, 0.1) is 0 Å². The molecule has 142 valence electrons. The van der Waals surface area contributed by atoms with Crippen LogP contribution in [0.3, 0.4) is 0 Å². The Morgan fingerprint density at radius 2 is 2.04 bits per heavy atom. The lowest BCUT2D eigenvalue weighted by Gasteiger charge is -2.15. The van der Waals surface area contributed by atoms with E-state index >= 15 is 0 Å². The molecule has 2 aromatic rings. The first-order chi connectivity index (χ1) is 12.9. The van der Waals surface area contributed by atoms with Gasteiger partial charge in [0.25, 0.3) is 0 Å². The van der Waals surface area contributed by atoms with Gasteiger partial charge < -0.3 is 10.1 Å². The molecule has 27 heavy (non-hydrogen) atoms. The number of hydrogen-bond acceptors (Lipinski definition) is 3. The van der Waals surface area contributed by atoms with Crippen LogP contribution in [-0.2, 0) is 4.79 Å². The molecule has 6 heteroatoms. The maximum absolute atomic E-state index is 11.6. The number of amides is 1. The van der Waals surface area contributed by atoms with Crippen molar-refractivity contribution in [1.82, 2.24) is 10.3 Å². The highest BCUT2D eigenvalue weighted by molar-refractivity contribution is 6.32. The summed E-state index contributed by atoms with van der Waals surface area (Å²) in [6, 6.07) is 9.58. The van der Waals surface area contributed by atoms with Gasteiger partial charge in [-0.3, -0.25) is 4.79 Å². The third kappa shape index (κ3) is 4.45. The molecule has 3 rings (SSSR count). The van der Waals surface area contributed by atoms with Crippen molar-refractivity contribution in [3.63, 3.8) is 0 Å². The molecular weight excluding hydrogens is 383 g/mol. The van der Waals surface area contributed by atoms with Gasteiger partial charge in [0.2, 0.25) is 11.8 Å². The lowest BCUT2D eigenvalue weighted by molar-refractivity contribution is -0.119. The molecule has 1 aliphatic heterocycles. The van der Waals surface area contributed by atoms with Gasteiger partial charge in [0, 0.05) is 23.1 Å². The Morgan fingerprint density at radius 1 is 1.26 bits per heavy atom. The molecule has 1 fully saturated rings. The van der Waals surface area contributed by atoms with Crippen molar-refractivity contribution in [2.45, 2.75) is 38.6 Å². The van der Waals surface area contributed by atoms with Crippen LogP contribution in [0.4, 0.5) is 0 Å². The number of ether oxygens (including phenoxy) is 1. The first-order valence-corrected chi connectivity index (χ1v) is 9.66. The van der Waals surface area contributed by atoms with Crippen molar-refractivity contribution in [2.24, 2.45) is 0 Å². The predicted octanol–water partition coefficient (Wildman–Crippen LogP) is 5.23. The van der Waals surface area contributed by atoms with Gasteiger partial charge in [0.1, 0.15) is 5.02 Å². The smallest absolute Gasteiger partial charge is 0.232 e. The van der Waals surface area contributed by atoms with E-state index in [1.807, 2.05) is 30.3 Å². The fourth-order valence-corrected chi connectivity index (χ4v) is 3.75. The molecule has 0 radical (unpaired) electrons. The summed E-state index contributed by atoms with van der Waals surface area (Å²) in [4.78, 5) is 16.1. The summed E-state index contributed by atoms with van der Waals surface area (Å²) >= 11 is 12.6. The average molecular weight is 405 g/mol. The number of carbonyl (C=O) groups is 1. The molecular formula is C21H22Cl2N2O2. The summed E-state index contributed by atoms with van der Waals surface area (Å²) in [6.45, 7) is 4.22. The third-order valence-corrected chi connectivity index (χ3v) is 5.23. The third-order valence-electron chi connectivity index (χ3n) is 4.61. The minimum atomic E-state index is -0.0421. The number of nitrogens with one attached hydrogen (secondary N) is 1. The van der Waals surface area contributed by atoms with Crippen LogP contribution in [-0.4, -0.2) is 24.0 Å². The Bertz CT molecular complexity index is 894. The monoisotopic (exact) mass is 404 g/mol. The van der Waals surface area contributed by atoms with Gasteiger partial charge in [-0.2, -0.15) is 0 Å². The SMILES string of the molecule is COc1nc(/C(=C/[C@H]2CCC(=O)N2)c2ccc(C(C)C)c(Cl)c2)ccc1Cl. The van der Waals surface area contributed by atoms with Gasteiger partial charge in [-0.15, -0.1) is 0 Å². The van der Waals surface area contributed by atoms with E-state index in [2.05, 4.69) is 24.1 Å². The van der Waals surface area contributed by atoms with Crippen molar-refractivity contribution in [3.05, 3.63) is 63.3 Å². The Labute approximate surface area is 169 Å². The zero-order valence-electron chi connectivity index (χ0n) is 15.6. The fourth-order valence-electron chi connectivity index (χ4n) is 3.17. The number of methoxy groups -OCH3 is 1. The van der Waals surface area contributed by atoms with E-state index in [0.29, 0.717) is 34.0 Å². The molecule has 0 saturated carbocycles. The molecule has 2 heterocycles. The highest BCUT2D eigenvalue weighted by Gasteiger charge is 2.21. The van der Waals surface area contributed by atoms with Gasteiger partial charge in [0.15, 0.2) is 0 Å². The van der Waals surface area contributed by atoms with Gasteiger partial charge >= 0.3 is 0 Å². The number of benzene rings is 1. The summed E-state index contributed by atoms with van der Waals surface area (Å²) in [5.41, 5.74) is 3.62. The second kappa shape index (κ2) is 8.32. The van der Waals surface area contributed by atoms with E-state index in [9.17, 15) is 4.79 Å². The molecule has 1 amide bonds. The van der Waals surface area contributed by atoms with E-state index in [1.54, 1.807) is 6.07 Å². The summed E-state index contributed by atoms with van der Waals surface area (Å²) < 4.78 is 5.27. The van der Waals surface area contributed by atoms with Crippen LogP contribution in [0.25, 0.3) is 5.57 Å². The fraction of sp³-hybridized carbons (Fsp3) is 0.333. The Hall–Kier alpha value is -2.04. The van der Waals surface area contributed by atoms with E-state index in [4.69, 9.17) is 27.9 Å². The summed E-state index contributed by atoms with van der Waals surface area (Å²) in [7, 11) is 1.53. The first-order valence-electron chi connectivity index (χ1n) is 8.91. The predicted molar refractivity (Wildman–Crippen MR) is 110 cm³/mol. The summed E-state index contributed by atoms with van der Waals surface area (Å²) in [5, 5.41) is 4.13. The van der Waals surface area contributed by atoms with E-state index in [0.717, 1.165) is 23.1 Å². The topological polar surface area (TPSA) is 51.2 Å². The van der Waals surface area contributed by atoms with Crippen molar-refractivity contribution in [2.75, 3.05) is 7.11 Å². The number of hydrogen-bond donors (Lipinski definition) is 1. The summed E-state index contributed by atoms with van der Waals surface area (Å²) in [6.07, 6.45) is 3.31. The maximum Gasteiger partial charge on any atom is 0.232 e. The lowest BCUT2D eigenvalue weighted by Crippen LogP contribution is -2.23. The van der Waals surface area contributed by atoms with Crippen LogP contribution in [0.2, 0.25) is 10.0 Å². The number of nitrogens with zero attached hydrogens (tertiary/aromatic N) is 1. The van der Waals surface area contributed by atoms with Crippen LogP contribution in [0.1, 0.15) is 49.4 Å². The molecule has 0 unspecified atom stereocenters. The van der Waals surface area contributed by atoms with E-state index < -0.39 is 0 Å². The first kappa shape index (κ1) is 19.7. The second-order valence-electron chi connectivity index (χ2n) is 6.87. The van der Waals surface area contributed by atoms with Crippen molar-refractivity contribution in [3.8, 4) is 5.88 Å². The molecule has 1 aromatic carbocycles. The minimum Gasteiger partial charge on any atom is -0.480 e. The number of halogens is 2. The Balaban J connectivity index is 2.09. The largest absolute Gasteiger partial charge is 0.480 e. The molecule has 0 bridgehead atoms. The van der Waals surface area contributed by atoms with Gasteiger partial charge in [-0.25, -0.2) is 4.98 Å². The molecule has 1 aliphatic rings. The van der Waals surface area contributed by atoms with Crippen LogP contribution in [0.15, 0.2) is 36.4 Å². The number of aromatic nitrogens is 1. The average Bonchev–Trinajstić information content (AvgIpc) is 3.05. The quantitative estimate of drug-likeness (QED) is 0.741. The van der Waals surface area contributed by atoms with Crippen LogP contribution < -0.4 is 10.1 Å². The number of pyridine rings is 1. The van der Waals surface area contributed by atoms with Gasteiger partial charge in [-0.1, -0.05) is 55.3 Å². The second-order valence-corrected chi connectivity index (χ2v) is 7.69. The zero-order valence-corrected chi connectivity index (χ0v) is 17.1. The number of rotatable bonds is 5. The molecule has 1 N–H and O–H groups in total. The minimum absolute atomic E-state index is 0.0421. The van der Waals surface area contributed by atoms with Crippen molar-refractivity contribution in [1.29, 1.82) is 0 Å². The Kier molecular flexibility index (Phi) is 6.08. The Morgan fingerprint density at radius 3 is 2.63 bits per heavy atom. The van der Waals surface area contributed by atoms with Crippen molar-refractivity contribution < 1.29 is 9.53 Å². The number of carbonyl (C=O) groups excluding carboxylic acids is 1. The van der Waals surface area contributed by atoms with E-state index in [1.165, 1.54) is 7.11 Å². The maximum atomic E-state index is 11.6. The van der Waals surface area contributed by atoms with Crippen LogP contribution >= 0.6 is 23.2 Å². The van der Waals surface area contributed by atoms with Crippen LogP contribution in [0.5, 0.6) is 5.88 Å². The molecule has 1 atom stereocenters.